The molecule has 0 radical (unpaired) electrons. The van der Waals surface area contributed by atoms with E-state index in [1.54, 1.807) is 55.5 Å². The quantitative estimate of drug-likeness (QED) is 0.889. The van der Waals surface area contributed by atoms with Crippen LogP contribution in [0.1, 0.15) is 17.3 Å². The second kappa shape index (κ2) is 6.95. The van der Waals surface area contributed by atoms with Crippen LogP contribution in [0.2, 0.25) is 5.02 Å². The van der Waals surface area contributed by atoms with Crippen molar-refractivity contribution in [1.82, 2.24) is 0 Å². The van der Waals surface area contributed by atoms with Crippen molar-refractivity contribution in [2.24, 2.45) is 5.73 Å². The molecule has 0 aromatic heterocycles. The summed E-state index contributed by atoms with van der Waals surface area (Å²) in [7, 11) is 0. The number of ether oxygens (including phenoxy) is 1. The van der Waals surface area contributed by atoms with Crippen molar-refractivity contribution in [3.63, 3.8) is 0 Å². The number of halogens is 1. The first-order valence-corrected chi connectivity index (χ1v) is 6.96. The van der Waals surface area contributed by atoms with Crippen molar-refractivity contribution >= 4 is 29.1 Å². The summed E-state index contributed by atoms with van der Waals surface area (Å²) in [6, 6.07) is 13.0. The van der Waals surface area contributed by atoms with Crippen molar-refractivity contribution < 1.29 is 14.3 Å². The van der Waals surface area contributed by atoms with Crippen molar-refractivity contribution in [3.05, 3.63) is 59.1 Å². The maximum Gasteiger partial charge on any atom is 0.265 e. The minimum Gasteiger partial charge on any atom is -0.481 e. The molecule has 0 aliphatic carbocycles. The van der Waals surface area contributed by atoms with E-state index in [4.69, 9.17) is 22.1 Å². The van der Waals surface area contributed by atoms with Gasteiger partial charge in [0.2, 0.25) is 5.91 Å². The molecule has 0 heterocycles. The Morgan fingerprint density at radius 1 is 1.09 bits per heavy atom. The third-order valence-electron chi connectivity index (χ3n) is 2.93. The Morgan fingerprint density at radius 3 is 2.23 bits per heavy atom. The van der Waals surface area contributed by atoms with E-state index in [1.165, 1.54) is 0 Å². The summed E-state index contributed by atoms with van der Waals surface area (Å²) in [5, 5.41) is 3.29. The highest BCUT2D eigenvalue weighted by atomic mass is 35.5. The minimum absolute atomic E-state index is 0.304. The second-order valence-electron chi connectivity index (χ2n) is 4.64. The van der Waals surface area contributed by atoms with Gasteiger partial charge < -0.3 is 15.8 Å². The topological polar surface area (TPSA) is 81.4 Å². The molecule has 0 fully saturated rings. The number of nitrogens with one attached hydrogen (secondary N) is 1. The number of primary amides is 1. The second-order valence-corrected chi connectivity index (χ2v) is 5.08. The van der Waals surface area contributed by atoms with Crippen LogP contribution < -0.4 is 15.8 Å². The number of nitrogens with two attached hydrogens (primary N) is 1. The number of amides is 2. The molecule has 0 saturated carbocycles. The van der Waals surface area contributed by atoms with Crippen molar-refractivity contribution in [2.75, 3.05) is 5.32 Å². The van der Waals surface area contributed by atoms with E-state index < -0.39 is 12.0 Å². The normalized spacial score (nSPS) is 11.5. The summed E-state index contributed by atoms with van der Waals surface area (Å²) >= 11 is 5.79. The summed E-state index contributed by atoms with van der Waals surface area (Å²) < 4.78 is 5.52. The smallest absolute Gasteiger partial charge is 0.265 e. The van der Waals surface area contributed by atoms with Crippen LogP contribution in [0.15, 0.2) is 48.5 Å². The molecule has 3 N–H and O–H groups in total. The first kappa shape index (κ1) is 15.9. The van der Waals surface area contributed by atoms with Gasteiger partial charge in [0.25, 0.3) is 5.91 Å². The van der Waals surface area contributed by atoms with Gasteiger partial charge in [0.05, 0.1) is 0 Å². The summed E-state index contributed by atoms with van der Waals surface area (Å²) in [6.07, 6.45) is -0.683. The lowest BCUT2D eigenvalue weighted by molar-refractivity contribution is -0.122. The summed E-state index contributed by atoms with van der Waals surface area (Å²) in [6.45, 7) is 1.64. The fourth-order valence-electron chi connectivity index (χ4n) is 1.73. The van der Waals surface area contributed by atoms with Crippen LogP contribution in [-0.4, -0.2) is 17.9 Å². The highest BCUT2D eigenvalue weighted by Crippen LogP contribution is 2.17. The molecule has 6 heteroatoms. The van der Waals surface area contributed by atoms with E-state index in [0.717, 1.165) is 0 Å². The molecular formula is C16H15ClN2O3. The maximum absolute atomic E-state index is 12.0. The standard InChI is InChI=1S/C16H15ClN2O3/c1-10(22-14-8-4-12(17)5-9-14)16(21)19-13-6-2-11(3-7-13)15(18)20/h2-10H,1H3,(H2,18,20)(H,19,21)/t10-/m1/s1. The Kier molecular flexibility index (Phi) is 5.01. The van der Waals surface area contributed by atoms with Gasteiger partial charge in [-0.3, -0.25) is 9.59 Å². The van der Waals surface area contributed by atoms with Crippen LogP contribution in [0.4, 0.5) is 5.69 Å². The Morgan fingerprint density at radius 2 is 1.68 bits per heavy atom. The molecule has 0 bridgehead atoms. The Balaban J connectivity index is 1.95. The molecule has 0 spiro atoms. The number of hydrogen-bond donors (Lipinski definition) is 2. The molecule has 2 amide bonds. The summed E-state index contributed by atoms with van der Waals surface area (Å²) in [5.41, 5.74) is 6.09. The van der Waals surface area contributed by atoms with Crippen LogP contribution in [0, 0.1) is 0 Å². The monoisotopic (exact) mass is 318 g/mol. The van der Waals surface area contributed by atoms with E-state index in [-0.39, 0.29) is 5.91 Å². The average molecular weight is 319 g/mol. The molecule has 0 aliphatic rings. The largest absolute Gasteiger partial charge is 0.481 e. The Hall–Kier alpha value is -2.53. The van der Waals surface area contributed by atoms with Crippen LogP contribution in [-0.2, 0) is 4.79 Å². The van der Waals surface area contributed by atoms with Gasteiger partial charge >= 0.3 is 0 Å². The SMILES string of the molecule is C[C@@H](Oc1ccc(Cl)cc1)C(=O)Nc1ccc(C(N)=O)cc1. The number of hydrogen-bond acceptors (Lipinski definition) is 3. The minimum atomic E-state index is -0.683. The molecule has 0 unspecified atom stereocenters. The van der Waals surface area contributed by atoms with Crippen LogP contribution in [0.5, 0.6) is 5.75 Å². The first-order valence-electron chi connectivity index (χ1n) is 6.58. The predicted molar refractivity (Wildman–Crippen MR) is 85.1 cm³/mol. The van der Waals surface area contributed by atoms with E-state index >= 15 is 0 Å². The molecule has 1 atom stereocenters. The summed E-state index contributed by atoms with van der Waals surface area (Å²) in [5.74, 6) is -0.268. The van der Waals surface area contributed by atoms with Gasteiger partial charge in [-0.15, -0.1) is 0 Å². The average Bonchev–Trinajstić information content (AvgIpc) is 2.50. The lowest BCUT2D eigenvalue weighted by Crippen LogP contribution is -2.30. The molecule has 2 rings (SSSR count). The van der Waals surface area contributed by atoms with Crippen LogP contribution in [0.3, 0.4) is 0 Å². The van der Waals surface area contributed by atoms with Gasteiger partial charge in [-0.2, -0.15) is 0 Å². The molecule has 0 aliphatic heterocycles. The fourth-order valence-corrected chi connectivity index (χ4v) is 1.86. The molecular weight excluding hydrogens is 304 g/mol. The van der Waals surface area contributed by atoms with E-state index in [2.05, 4.69) is 5.32 Å². The van der Waals surface area contributed by atoms with E-state index in [1.807, 2.05) is 0 Å². The van der Waals surface area contributed by atoms with Crippen molar-refractivity contribution in [2.45, 2.75) is 13.0 Å². The Bertz CT molecular complexity index is 669. The molecule has 114 valence electrons. The lowest BCUT2D eigenvalue weighted by Gasteiger charge is -2.15. The van der Waals surface area contributed by atoms with Gasteiger partial charge in [0.1, 0.15) is 5.75 Å². The van der Waals surface area contributed by atoms with Gasteiger partial charge in [0.15, 0.2) is 6.10 Å². The van der Waals surface area contributed by atoms with Crippen molar-refractivity contribution in [3.8, 4) is 5.75 Å². The zero-order chi connectivity index (χ0) is 16.1. The molecule has 2 aromatic rings. The van der Waals surface area contributed by atoms with Gasteiger partial charge in [0, 0.05) is 16.3 Å². The zero-order valence-corrected chi connectivity index (χ0v) is 12.6. The first-order chi connectivity index (χ1) is 10.5. The van der Waals surface area contributed by atoms with E-state index in [9.17, 15) is 9.59 Å². The van der Waals surface area contributed by atoms with Gasteiger partial charge in [-0.05, 0) is 55.5 Å². The molecule has 0 saturated heterocycles. The van der Waals surface area contributed by atoms with Crippen LogP contribution in [0.25, 0.3) is 0 Å². The number of carbonyl (C=O) groups is 2. The van der Waals surface area contributed by atoms with Gasteiger partial charge in [-0.25, -0.2) is 0 Å². The number of rotatable bonds is 5. The Labute approximate surface area is 133 Å². The molecule has 5 nitrogen and oxygen atoms in total. The molecule has 2 aromatic carbocycles. The maximum atomic E-state index is 12.0. The third-order valence-corrected chi connectivity index (χ3v) is 3.18. The fraction of sp³-hybridized carbons (Fsp3) is 0.125. The number of carbonyl (C=O) groups excluding carboxylic acids is 2. The highest BCUT2D eigenvalue weighted by Gasteiger charge is 2.15. The third kappa shape index (κ3) is 4.23. The lowest BCUT2D eigenvalue weighted by atomic mass is 10.2. The van der Waals surface area contributed by atoms with Crippen LogP contribution >= 0.6 is 11.6 Å². The number of anilines is 1. The highest BCUT2D eigenvalue weighted by molar-refractivity contribution is 6.30. The predicted octanol–water partition coefficient (Wildman–Crippen LogP) is 2.84. The van der Waals surface area contributed by atoms with Gasteiger partial charge in [-0.1, -0.05) is 11.6 Å². The zero-order valence-electron chi connectivity index (χ0n) is 11.9. The van der Waals surface area contributed by atoms with E-state index in [0.29, 0.717) is 22.0 Å². The number of benzene rings is 2. The van der Waals surface area contributed by atoms with Crippen molar-refractivity contribution in [1.29, 1.82) is 0 Å². The molecule has 22 heavy (non-hydrogen) atoms. The summed E-state index contributed by atoms with van der Waals surface area (Å²) in [4.78, 5) is 23.0.